The highest BCUT2D eigenvalue weighted by atomic mass is 16.5. The standard InChI is InChI=1S/C21H36O4/c1-12(2)14-8-7-13(3)17-15-11-21(5,23)16(24-6)9-10-20(4,22)19(25-15)18(14)17/h12,14-19,22-23H,3,7-11H2,1-2,4-6H3/t14-,15-,16+,17-,18-,19-,20+,21+/m0/s1. The van der Waals surface area contributed by atoms with Crippen molar-refractivity contribution in [1.82, 2.24) is 0 Å². The monoisotopic (exact) mass is 352 g/mol. The van der Waals surface area contributed by atoms with Crippen LogP contribution in [0.4, 0.5) is 0 Å². The molecule has 1 saturated carbocycles. The molecule has 2 heterocycles. The summed E-state index contributed by atoms with van der Waals surface area (Å²) in [5.74, 6) is 1.59. The largest absolute Gasteiger partial charge is 0.387 e. The summed E-state index contributed by atoms with van der Waals surface area (Å²) >= 11 is 0. The molecule has 0 aromatic heterocycles. The molecule has 2 N–H and O–H groups in total. The van der Waals surface area contributed by atoms with E-state index >= 15 is 0 Å². The van der Waals surface area contributed by atoms with Gasteiger partial charge in [-0.15, -0.1) is 0 Å². The summed E-state index contributed by atoms with van der Waals surface area (Å²) in [5, 5.41) is 22.4. The number of methoxy groups -OCH3 is 1. The van der Waals surface area contributed by atoms with Gasteiger partial charge in [-0.25, -0.2) is 0 Å². The van der Waals surface area contributed by atoms with Crippen LogP contribution in [0, 0.1) is 23.7 Å². The molecular formula is C21H36O4. The molecule has 0 amide bonds. The van der Waals surface area contributed by atoms with Gasteiger partial charge < -0.3 is 19.7 Å². The molecule has 0 radical (unpaired) electrons. The first kappa shape index (κ1) is 19.3. The van der Waals surface area contributed by atoms with Gasteiger partial charge in [0.2, 0.25) is 0 Å². The zero-order valence-electron chi connectivity index (χ0n) is 16.5. The van der Waals surface area contributed by atoms with Crippen molar-refractivity contribution in [2.24, 2.45) is 23.7 Å². The van der Waals surface area contributed by atoms with Crippen molar-refractivity contribution in [2.45, 2.75) is 89.3 Å². The second-order valence-corrected chi connectivity index (χ2v) is 9.48. The molecule has 144 valence electrons. The summed E-state index contributed by atoms with van der Waals surface area (Å²) in [7, 11) is 1.64. The number of hydrogen-bond donors (Lipinski definition) is 2. The Morgan fingerprint density at radius 2 is 1.88 bits per heavy atom. The van der Waals surface area contributed by atoms with Crippen LogP contribution in [0.3, 0.4) is 0 Å². The molecule has 4 heteroatoms. The number of aliphatic hydroxyl groups is 2. The van der Waals surface area contributed by atoms with E-state index in [1.54, 1.807) is 7.11 Å². The highest BCUT2D eigenvalue weighted by Crippen LogP contribution is 2.55. The Morgan fingerprint density at radius 3 is 2.48 bits per heavy atom. The van der Waals surface area contributed by atoms with Crippen molar-refractivity contribution in [3.8, 4) is 0 Å². The Morgan fingerprint density at radius 1 is 1.20 bits per heavy atom. The maximum atomic E-state index is 11.3. The van der Waals surface area contributed by atoms with Crippen molar-refractivity contribution < 1.29 is 19.7 Å². The zero-order valence-corrected chi connectivity index (χ0v) is 16.5. The van der Waals surface area contributed by atoms with Crippen LogP contribution in [0.25, 0.3) is 0 Å². The third-order valence-corrected chi connectivity index (χ3v) is 7.23. The maximum absolute atomic E-state index is 11.3. The molecule has 2 bridgehead atoms. The van der Waals surface area contributed by atoms with E-state index in [1.807, 2.05) is 13.8 Å². The fraction of sp³-hybridized carbons (Fsp3) is 0.905. The van der Waals surface area contributed by atoms with Crippen molar-refractivity contribution in [3.63, 3.8) is 0 Å². The molecule has 3 aliphatic rings. The molecule has 2 aliphatic heterocycles. The van der Waals surface area contributed by atoms with Gasteiger partial charge in [-0.3, -0.25) is 0 Å². The van der Waals surface area contributed by atoms with Crippen LogP contribution in [-0.2, 0) is 9.47 Å². The fourth-order valence-electron chi connectivity index (χ4n) is 5.84. The SMILES string of the molecule is C=C1CC[C@@H](C(C)C)[C@H]2[C@@H]1[C@@H]1C[C@@](C)(O)[C@H](OC)CC[C@@](C)(O)[C@H]2O1. The lowest BCUT2D eigenvalue weighted by atomic mass is 9.60. The average molecular weight is 353 g/mol. The quantitative estimate of drug-likeness (QED) is 0.749. The summed E-state index contributed by atoms with van der Waals surface area (Å²) < 4.78 is 12.1. The van der Waals surface area contributed by atoms with Gasteiger partial charge in [-0.1, -0.05) is 26.0 Å². The molecule has 0 spiro atoms. The smallest absolute Gasteiger partial charge is 0.0905 e. The molecular weight excluding hydrogens is 316 g/mol. The lowest BCUT2D eigenvalue weighted by Crippen LogP contribution is -2.50. The van der Waals surface area contributed by atoms with E-state index in [2.05, 4.69) is 20.4 Å². The second-order valence-electron chi connectivity index (χ2n) is 9.48. The Kier molecular flexibility index (Phi) is 5.13. The van der Waals surface area contributed by atoms with Crippen LogP contribution >= 0.6 is 0 Å². The molecule has 3 fully saturated rings. The Bertz CT molecular complexity index is 510. The molecule has 1 aliphatic carbocycles. The van der Waals surface area contributed by atoms with Crippen molar-refractivity contribution >= 4 is 0 Å². The van der Waals surface area contributed by atoms with E-state index in [1.165, 1.54) is 5.57 Å². The highest BCUT2D eigenvalue weighted by Gasteiger charge is 2.58. The van der Waals surface area contributed by atoms with Crippen LogP contribution in [0.1, 0.15) is 59.8 Å². The van der Waals surface area contributed by atoms with Gasteiger partial charge in [0.05, 0.1) is 29.5 Å². The third kappa shape index (κ3) is 3.31. The first-order chi connectivity index (χ1) is 11.6. The molecule has 25 heavy (non-hydrogen) atoms. The highest BCUT2D eigenvalue weighted by molar-refractivity contribution is 5.18. The topological polar surface area (TPSA) is 58.9 Å². The van der Waals surface area contributed by atoms with E-state index in [0.717, 1.165) is 12.8 Å². The molecule has 2 saturated heterocycles. The van der Waals surface area contributed by atoms with E-state index < -0.39 is 11.2 Å². The van der Waals surface area contributed by atoms with Crippen LogP contribution in [0.15, 0.2) is 12.2 Å². The molecule has 4 nitrogen and oxygen atoms in total. The second kappa shape index (κ2) is 6.63. The van der Waals surface area contributed by atoms with Gasteiger partial charge in [0, 0.05) is 19.4 Å². The van der Waals surface area contributed by atoms with E-state index in [-0.39, 0.29) is 30.1 Å². The number of fused-ring (bicyclic) bond motifs is 5. The van der Waals surface area contributed by atoms with Gasteiger partial charge >= 0.3 is 0 Å². The number of hydrogen-bond acceptors (Lipinski definition) is 4. The van der Waals surface area contributed by atoms with Gasteiger partial charge in [-0.2, -0.15) is 0 Å². The van der Waals surface area contributed by atoms with Gasteiger partial charge in [-0.05, 0) is 57.3 Å². The zero-order chi connectivity index (χ0) is 18.6. The fourth-order valence-corrected chi connectivity index (χ4v) is 5.84. The maximum Gasteiger partial charge on any atom is 0.0905 e. The Balaban J connectivity index is 2.02. The Labute approximate surface area is 152 Å². The van der Waals surface area contributed by atoms with Crippen molar-refractivity contribution in [1.29, 1.82) is 0 Å². The average Bonchev–Trinajstić information content (AvgIpc) is 2.88. The minimum absolute atomic E-state index is 0.0960. The third-order valence-electron chi connectivity index (χ3n) is 7.23. The van der Waals surface area contributed by atoms with E-state index in [4.69, 9.17) is 9.47 Å². The predicted molar refractivity (Wildman–Crippen MR) is 98.2 cm³/mol. The minimum atomic E-state index is -0.968. The summed E-state index contributed by atoms with van der Waals surface area (Å²) in [6.07, 6.45) is 3.29. The normalized spacial score (nSPS) is 51.0. The molecule has 8 atom stereocenters. The van der Waals surface area contributed by atoms with Gasteiger partial charge in [0.25, 0.3) is 0 Å². The molecule has 0 unspecified atom stereocenters. The predicted octanol–water partition coefficient (Wildman–Crippen LogP) is 3.31. The summed E-state index contributed by atoms with van der Waals surface area (Å²) in [6.45, 7) is 12.7. The molecule has 0 aromatic rings. The molecule has 0 aromatic carbocycles. The Hall–Kier alpha value is -0.420. The summed E-state index contributed by atoms with van der Waals surface area (Å²) in [5.41, 5.74) is -0.653. The van der Waals surface area contributed by atoms with Crippen LogP contribution in [0.5, 0.6) is 0 Å². The van der Waals surface area contributed by atoms with E-state index in [0.29, 0.717) is 31.1 Å². The number of rotatable bonds is 2. The van der Waals surface area contributed by atoms with Crippen molar-refractivity contribution in [2.75, 3.05) is 7.11 Å². The molecule has 3 rings (SSSR count). The number of ether oxygens (including phenoxy) is 2. The van der Waals surface area contributed by atoms with E-state index in [9.17, 15) is 10.2 Å². The summed E-state index contributed by atoms with van der Waals surface area (Å²) in [4.78, 5) is 0. The van der Waals surface area contributed by atoms with Crippen molar-refractivity contribution in [3.05, 3.63) is 12.2 Å². The van der Waals surface area contributed by atoms with Crippen LogP contribution in [0.2, 0.25) is 0 Å². The summed E-state index contributed by atoms with van der Waals surface area (Å²) in [6, 6.07) is 0. The van der Waals surface area contributed by atoms with Crippen LogP contribution in [-0.4, -0.2) is 46.8 Å². The minimum Gasteiger partial charge on any atom is -0.387 e. The van der Waals surface area contributed by atoms with Crippen LogP contribution < -0.4 is 0 Å². The lowest BCUT2D eigenvalue weighted by molar-refractivity contribution is -0.121. The van der Waals surface area contributed by atoms with Gasteiger partial charge in [0.15, 0.2) is 0 Å². The first-order valence-corrected chi connectivity index (χ1v) is 9.89. The first-order valence-electron chi connectivity index (χ1n) is 9.89. The van der Waals surface area contributed by atoms with Gasteiger partial charge in [0.1, 0.15) is 0 Å². The lowest BCUT2D eigenvalue weighted by Gasteiger charge is -2.45.